The molecular weight excluding hydrogens is 262 g/mol. The fourth-order valence-electron chi connectivity index (χ4n) is 2.52. The highest BCUT2D eigenvalue weighted by Gasteiger charge is 2.30. The summed E-state index contributed by atoms with van der Waals surface area (Å²) in [5, 5.41) is 13.1. The van der Waals surface area contributed by atoms with Crippen molar-refractivity contribution in [1.82, 2.24) is 5.32 Å². The summed E-state index contributed by atoms with van der Waals surface area (Å²) in [6.07, 6.45) is 1.89. The Morgan fingerprint density at radius 2 is 1.86 bits per heavy atom. The smallest absolute Gasteiger partial charge is 0.220 e. The van der Waals surface area contributed by atoms with Gasteiger partial charge in [-0.05, 0) is 24.3 Å². The van der Waals surface area contributed by atoms with Gasteiger partial charge in [0.05, 0.1) is 6.10 Å². The standard InChI is InChI=1S/C18H29NO2/c1-14(2)17(21)18(3,4)13-19-16(20)12-8-11-15-9-6-5-7-10-15/h5-7,9-10,14,17,21H,8,11-13H2,1-4H3,(H,19,20). The monoisotopic (exact) mass is 291 g/mol. The first-order chi connectivity index (χ1) is 9.83. The van der Waals surface area contributed by atoms with E-state index in [9.17, 15) is 9.90 Å². The maximum atomic E-state index is 11.9. The van der Waals surface area contributed by atoms with E-state index >= 15 is 0 Å². The van der Waals surface area contributed by atoms with E-state index in [2.05, 4.69) is 17.4 Å². The Hall–Kier alpha value is -1.35. The summed E-state index contributed by atoms with van der Waals surface area (Å²) >= 11 is 0. The number of aliphatic hydroxyl groups is 1. The number of carbonyl (C=O) groups excluding carboxylic acids is 1. The van der Waals surface area contributed by atoms with E-state index in [-0.39, 0.29) is 17.2 Å². The zero-order valence-electron chi connectivity index (χ0n) is 13.7. The Morgan fingerprint density at radius 1 is 1.24 bits per heavy atom. The summed E-state index contributed by atoms with van der Waals surface area (Å²) in [6.45, 7) is 8.47. The number of hydrogen-bond acceptors (Lipinski definition) is 2. The zero-order valence-corrected chi connectivity index (χ0v) is 13.7. The predicted octanol–water partition coefficient (Wildman–Crippen LogP) is 3.17. The topological polar surface area (TPSA) is 49.3 Å². The first-order valence-corrected chi connectivity index (χ1v) is 7.81. The molecule has 1 atom stereocenters. The minimum Gasteiger partial charge on any atom is -0.392 e. The lowest BCUT2D eigenvalue weighted by Crippen LogP contribution is -2.43. The molecule has 0 bridgehead atoms. The molecule has 0 aromatic heterocycles. The Balaban J connectivity index is 2.28. The number of aryl methyl sites for hydroxylation is 1. The maximum absolute atomic E-state index is 11.9. The molecule has 2 N–H and O–H groups in total. The number of benzene rings is 1. The number of rotatable bonds is 8. The molecular formula is C18H29NO2. The highest BCUT2D eigenvalue weighted by Crippen LogP contribution is 2.25. The third-order valence-corrected chi connectivity index (χ3v) is 3.89. The highest BCUT2D eigenvalue weighted by molar-refractivity contribution is 5.75. The van der Waals surface area contributed by atoms with Gasteiger partial charge < -0.3 is 10.4 Å². The Labute approximate surface area is 128 Å². The van der Waals surface area contributed by atoms with Crippen LogP contribution >= 0.6 is 0 Å². The summed E-state index contributed by atoms with van der Waals surface area (Å²) in [4.78, 5) is 11.9. The van der Waals surface area contributed by atoms with Crippen LogP contribution in [0.15, 0.2) is 30.3 Å². The van der Waals surface area contributed by atoms with E-state index in [1.807, 2.05) is 45.9 Å². The van der Waals surface area contributed by atoms with Gasteiger partial charge in [0.1, 0.15) is 0 Å². The van der Waals surface area contributed by atoms with Crippen LogP contribution < -0.4 is 5.32 Å². The van der Waals surface area contributed by atoms with Crippen LogP contribution in [-0.2, 0) is 11.2 Å². The van der Waals surface area contributed by atoms with Crippen molar-refractivity contribution >= 4 is 5.91 Å². The SMILES string of the molecule is CC(C)C(O)C(C)(C)CNC(=O)CCCc1ccccc1. The van der Waals surface area contributed by atoms with E-state index in [0.717, 1.165) is 12.8 Å². The predicted molar refractivity (Wildman–Crippen MR) is 87.0 cm³/mol. The molecule has 0 fully saturated rings. The van der Waals surface area contributed by atoms with Crippen molar-refractivity contribution in [3.05, 3.63) is 35.9 Å². The van der Waals surface area contributed by atoms with Crippen molar-refractivity contribution in [2.24, 2.45) is 11.3 Å². The third kappa shape index (κ3) is 6.30. The average molecular weight is 291 g/mol. The molecule has 0 spiro atoms. The van der Waals surface area contributed by atoms with Crippen LogP contribution in [0.3, 0.4) is 0 Å². The van der Waals surface area contributed by atoms with E-state index in [1.54, 1.807) is 0 Å². The molecule has 1 unspecified atom stereocenters. The van der Waals surface area contributed by atoms with Crippen LogP contribution in [0.2, 0.25) is 0 Å². The van der Waals surface area contributed by atoms with E-state index in [0.29, 0.717) is 13.0 Å². The largest absolute Gasteiger partial charge is 0.392 e. The van der Waals surface area contributed by atoms with Crippen LogP contribution in [0.4, 0.5) is 0 Å². The molecule has 1 aromatic rings. The molecule has 1 amide bonds. The average Bonchev–Trinajstić information content (AvgIpc) is 2.45. The lowest BCUT2D eigenvalue weighted by molar-refractivity contribution is -0.122. The van der Waals surface area contributed by atoms with E-state index in [4.69, 9.17) is 0 Å². The van der Waals surface area contributed by atoms with Crippen molar-refractivity contribution in [1.29, 1.82) is 0 Å². The van der Waals surface area contributed by atoms with Gasteiger partial charge in [-0.3, -0.25) is 4.79 Å². The third-order valence-electron chi connectivity index (χ3n) is 3.89. The number of amides is 1. The Kier molecular flexibility index (Phi) is 6.90. The molecule has 0 aliphatic heterocycles. The van der Waals surface area contributed by atoms with Crippen molar-refractivity contribution in [2.45, 2.75) is 53.1 Å². The summed E-state index contributed by atoms with van der Waals surface area (Å²) < 4.78 is 0. The molecule has 1 rings (SSSR count). The number of aliphatic hydroxyl groups excluding tert-OH is 1. The van der Waals surface area contributed by atoms with Gasteiger partial charge in [0.25, 0.3) is 0 Å². The van der Waals surface area contributed by atoms with Gasteiger partial charge in [-0.1, -0.05) is 58.0 Å². The lowest BCUT2D eigenvalue weighted by atomic mass is 9.80. The van der Waals surface area contributed by atoms with E-state index < -0.39 is 6.10 Å². The van der Waals surface area contributed by atoms with Gasteiger partial charge in [-0.25, -0.2) is 0 Å². The molecule has 118 valence electrons. The molecule has 0 aliphatic rings. The van der Waals surface area contributed by atoms with Crippen LogP contribution in [-0.4, -0.2) is 23.7 Å². The van der Waals surface area contributed by atoms with Crippen LogP contribution in [0.1, 0.15) is 46.1 Å². The number of nitrogens with one attached hydrogen (secondary N) is 1. The van der Waals surface area contributed by atoms with Crippen molar-refractivity contribution in [3.8, 4) is 0 Å². The normalized spacial score (nSPS) is 13.2. The van der Waals surface area contributed by atoms with Gasteiger partial charge in [-0.2, -0.15) is 0 Å². The number of hydrogen-bond donors (Lipinski definition) is 2. The zero-order chi connectivity index (χ0) is 15.9. The summed E-state index contributed by atoms with van der Waals surface area (Å²) in [6, 6.07) is 10.2. The minimum atomic E-state index is -0.415. The van der Waals surface area contributed by atoms with Crippen LogP contribution in [0.25, 0.3) is 0 Å². The molecule has 21 heavy (non-hydrogen) atoms. The van der Waals surface area contributed by atoms with Gasteiger partial charge in [0, 0.05) is 18.4 Å². The van der Waals surface area contributed by atoms with Crippen LogP contribution in [0, 0.1) is 11.3 Å². The first kappa shape index (κ1) is 17.7. The second-order valence-corrected chi connectivity index (χ2v) is 6.79. The van der Waals surface area contributed by atoms with Gasteiger partial charge >= 0.3 is 0 Å². The molecule has 0 heterocycles. The van der Waals surface area contributed by atoms with E-state index in [1.165, 1.54) is 5.56 Å². The summed E-state index contributed by atoms with van der Waals surface area (Å²) in [5.41, 5.74) is 0.962. The molecule has 3 heteroatoms. The first-order valence-electron chi connectivity index (χ1n) is 7.81. The molecule has 3 nitrogen and oxygen atoms in total. The lowest BCUT2D eigenvalue weighted by Gasteiger charge is -2.33. The van der Waals surface area contributed by atoms with Gasteiger partial charge in [0.15, 0.2) is 0 Å². The quantitative estimate of drug-likeness (QED) is 0.773. The minimum absolute atomic E-state index is 0.0648. The maximum Gasteiger partial charge on any atom is 0.220 e. The molecule has 0 saturated carbocycles. The Morgan fingerprint density at radius 3 is 2.43 bits per heavy atom. The summed E-state index contributed by atoms with van der Waals surface area (Å²) in [7, 11) is 0. The molecule has 0 radical (unpaired) electrons. The molecule has 1 aromatic carbocycles. The molecule has 0 aliphatic carbocycles. The fraction of sp³-hybridized carbons (Fsp3) is 0.611. The number of carbonyl (C=O) groups is 1. The highest BCUT2D eigenvalue weighted by atomic mass is 16.3. The summed E-state index contributed by atoms with van der Waals surface area (Å²) in [5.74, 6) is 0.255. The van der Waals surface area contributed by atoms with Crippen molar-refractivity contribution in [3.63, 3.8) is 0 Å². The van der Waals surface area contributed by atoms with Gasteiger partial charge in [-0.15, -0.1) is 0 Å². The second-order valence-electron chi connectivity index (χ2n) is 6.79. The van der Waals surface area contributed by atoms with Crippen molar-refractivity contribution < 1.29 is 9.90 Å². The van der Waals surface area contributed by atoms with Gasteiger partial charge in [0.2, 0.25) is 5.91 Å². The second kappa shape index (κ2) is 8.18. The molecule has 0 saturated heterocycles. The van der Waals surface area contributed by atoms with Crippen molar-refractivity contribution in [2.75, 3.05) is 6.54 Å². The Bertz CT molecular complexity index is 426. The van der Waals surface area contributed by atoms with Crippen LogP contribution in [0.5, 0.6) is 0 Å². The fourth-order valence-corrected chi connectivity index (χ4v) is 2.52.